The van der Waals surface area contributed by atoms with Crippen molar-refractivity contribution < 1.29 is 19.1 Å². The molecule has 1 aromatic heterocycles. The summed E-state index contributed by atoms with van der Waals surface area (Å²) in [6, 6.07) is 13.2. The number of nitrogens with one attached hydrogen (secondary N) is 3. The van der Waals surface area contributed by atoms with Crippen molar-refractivity contribution in [1.82, 2.24) is 10.4 Å². The number of benzene rings is 2. The molecule has 1 saturated carbocycles. The number of hydrogen-bond donors (Lipinski definition) is 3. The maximum Gasteiger partial charge on any atom is 0.355 e. The molecular formula is C22H18N4O4. The first kappa shape index (κ1) is 18.1. The number of H-pyrrole nitrogens is 1. The maximum atomic E-state index is 12.8. The minimum Gasteiger partial charge on any atom is -0.464 e. The number of nitrogens with zero attached hydrogens (tertiary/aromatic N) is 1. The first-order valence-electron chi connectivity index (χ1n) is 9.54. The van der Waals surface area contributed by atoms with E-state index in [-0.39, 0.29) is 23.4 Å². The maximum absolute atomic E-state index is 12.8. The third kappa shape index (κ3) is 2.93. The number of aromatic nitrogens is 1. The second kappa shape index (κ2) is 6.84. The number of ether oxygens (including phenoxy) is 1. The molecule has 0 saturated heterocycles. The molecule has 2 amide bonds. The standard InChI is InChI=1S/C22H18N4O4/c1-30-22(29)19-16-10-23-26-21(28)15-7-12(8-17(25-19)18(15)16)24-20(27)14-9-13(14)11-5-3-2-4-6-11/h2-8,10,13-14,25H,9H2,1H3,(H,24,27)(H,26,28)/t13-,14+/m0/s1. The Bertz CT molecular complexity index is 1230. The number of aromatic amines is 1. The molecule has 8 nitrogen and oxygen atoms in total. The van der Waals surface area contributed by atoms with Gasteiger partial charge in [0.15, 0.2) is 0 Å². The van der Waals surface area contributed by atoms with Crippen molar-refractivity contribution in [2.75, 3.05) is 12.4 Å². The van der Waals surface area contributed by atoms with Crippen molar-refractivity contribution >= 4 is 40.6 Å². The van der Waals surface area contributed by atoms with Crippen LogP contribution in [0.1, 0.15) is 44.3 Å². The molecule has 1 aliphatic carbocycles. The lowest BCUT2D eigenvalue weighted by molar-refractivity contribution is -0.117. The van der Waals surface area contributed by atoms with Gasteiger partial charge in [0.1, 0.15) is 5.69 Å². The molecule has 5 rings (SSSR count). The molecule has 2 heterocycles. The Morgan fingerprint density at radius 3 is 2.77 bits per heavy atom. The van der Waals surface area contributed by atoms with Crippen molar-refractivity contribution in [2.45, 2.75) is 12.3 Å². The number of methoxy groups -OCH3 is 1. The molecule has 3 N–H and O–H groups in total. The predicted molar refractivity (Wildman–Crippen MR) is 111 cm³/mol. The number of anilines is 1. The van der Waals surface area contributed by atoms with Crippen LogP contribution < -0.4 is 10.7 Å². The van der Waals surface area contributed by atoms with Crippen molar-refractivity contribution in [1.29, 1.82) is 0 Å². The quantitative estimate of drug-likeness (QED) is 0.583. The Kier molecular flexibility index (Phi) is 4.13. The van der Waals surface area contributed by atoms with Gasteiger partial charge in [-0.05, 0) is 30.0 Å². The fourth-order valence-corrected chi connectivity index (χ4v) is 4.01. The van der Waals surface area contributed by atoms with E-state index >= 15 is 0 Å². The van der Waals surface area contributed by atoms with Crippen LogP contribution in [0.4, 0.5) is 5.69 Å². The average Bonchev–Trinajstić information content (AvgIpc) is 3.51. The molecule has 2 aromatic carbocycles. The summed E-state index contributed by atoms with van der Waals surface area (Å²) in [6.45, 7) is 0. The van der Waals surface area contributed by atoms with Crippen LogP contribution >= 0.6 is 0 Å². The van der Waals surface area contributed by atoms with Crippen LogP contribution in [0.15, 0.2) is 47.6 Å². The van der Waals surface area contributed by atoms with Crippen molar-refractivity contribution in [3.63, 3.8) is 0 Å². The van der Waals surface area contributed by atoms with Crippen LogP contribution in [-0.2, 0) is 9.53 Å². The number of carbonyl (C=O) groups is 3. The largest absolute Gasteiger partial charge is 0.464 e. The summed E-state index contributed by atoms with van der Waals surface area (Å²) in [6.07, 6.45) is 2.20. The Balaban J connectivity index is 1.48. The predicted octanol–water partition coefficient (Wildman–Crippen LogP) is 2.77. The highest BCUT2D eigenvalue weighted by Gasteiger charge is 2.43. The highest BCUT2D eigenvalue weighted by atomic mass is 16.5. The lowest BCUT2D eigenvalue weighted by Gasteiger charge is -2.08. The van der Waals surface area contributed by atoms with Crippen molar-refractivity contribution in [2.24, 2.45) is 11.0 Å². The van der Waals surface area contributed by atoms with Gasteiger partial charge in [-0.3, -0.25) is 9.59 Å². The van der Waals surface area contributed by atoms with Gasteiger partial charge in [0, 0.05) is 28.1 Å². The molecule has 2 atom stereocenters. The third-order valence-electron chi connectivity index (χ3n) is 5.55. The van der Waals surface area contributed by atoms with E-state index in [1.54, 1.807) is 12.1 Å². The van der Waals surface area contributed by atoms with E-state index < -0.39 is 11.9 Å². The van der Waals surface area contributed by atoms with Gasteiger partial charge in [0.05, 0.1) is 18.9 Å². The molecule has 3 aromatic rings. The number of esters is 1. The zero-order chi connectivity index (χ0) is 20.8. The van der Waals surface area contributed by atoms with Gasteiger partial charge in [-0.25, -0.2) is 10.2 Å². The van der Waals surface area contributed by atoms with Crippen LogP contribution in [0, 0.1) is 5.92 Å². The third-order valence-corrected chi connectivity index (χ3v) is 5.55. The first-order chi connectivity index (χ1) is 14.6. The van der Waals surface area contributed by atoms with Crippen LogP contribution in [-0.4, -0.2) is 36.1 Å². The van der Waals surface area contributed by atoms with Gasteiger partial charge in [-0.15, -0.1) is 0 Å². The SMILES string of the molecule is COC(=O)c1[nH]c2cc(NC(=O)[C@@H]3C[C@H]3c3ccccc3)cc3c2c1C=NNC3=O. The highest BCUT2D eigenvalue weighted by Crippen LogP contribution is 2.48. The topological polar surface area (TPSA) is 113 Å². The Morgan fingerprint density at radius 1 is 1.20 bits per heavy atom. The molecule has 8 heteroatoms. The number of hydrogen-bond acceptors (Lipinski definition) is 5. The molecule has 0 unspecified atom stereocenters. The van der Waals surface area contributed by atoms with Gasteiger partial charge in [-0.1, -0.05) is 30.3 Å². The van der Waals surface area contributed by atoms with Gasteiger partial charge in [0.25, 0.3) is 5.91 Å². The molecular weight excluding hydrogens is 384 g/mol. The van der Waals surface area contributed by atoms with Crippen LogP contribution in [0.3, 0.4) is 0 Å². The summed E-state index contributed by atoms with van der Waals surface area (Å²) in [5.41, 5.74) is 5.56. The first-order valence-corrected chi connectivity index (χ1v) is 9.54. The Morgan fingerprint density at radius 2 is 2.00 bits per heavy atom. The molecule has 1 fully saturated rings. The summed E-state index contributed by atoms with van der Waals surface area (Å²) < 4.78 is 4.82. The molecule has 0 bridgehead atoms. The molecule has 0 radical (unpaired) electrons. The smallest absolute Gasteiger partial charge is 0.355 e. The molecule has 150 valence electrons. The second-order valence-electron chi connectivity index (χ2n) is 7.40. The summed E-state index contributed by atoms with van der Waals surface area (Å²) in [4.78, 5) is 40.4. The van der Waals surface area contributed by atoms with Crippen LogP contribution in [0.2, 0.25) is 0 Å². The summed E-state index contributed by atoms with van der Waals surface area (Å²) >= 11 is 0. The van der Waals surface area contributed by atoms with Crippen LogP contribution in [0.25, 0.3) is 10.9 Å². The molecule has 30 heavy (non-hydrogen) atoms. The molecule has 1 aliphatic heterocycles. The fourth-order valence-electron chi connectivity index (χ4n) is 4.01. The van der Waals surface area contributed by atoms with E-state index in [4.69, 9.17) is 4.74 Å². The minimum atomic E-state index is -0.567. The average molecular weight is 402 g/mol. The monoisotopic (exact) mass is 402 g/mol. The summed E-state index contributed by atoms with van der Waals surface area (Å²) in [5, 5.41) is 7.34. The van der Waals surface area contributed by atoms with E-state index in [1.165, 1.54) is 13.3 Å². The lowest BCUT2D eigenvalue weighted by Crippen LogP contribution is -2.18. The van der Waals surface area contributed by atoms with E-state index in [9.17, 15) is 14.4 Å². The van der Waals surface area contributed by atoms with Gasteiger partial charge < -0.3 is 15.0 Å². The van der Waals surface area contributed by atoms with Crippen molar-refractivity contribution in [3.05, 3.63) is 64.8 Å². The highest BCUT2D eigenvalue weighted by molar-refractivity contribution is 6.19. The second-order valence-corrected chi connectivity index (χ2v) is 7.40. The Labute approximate surface area is 171 Å². The van der Waals surface area contributed by atoms with E-state index in [0.717, 1.165) is 12.0 Å². The number of hydrazone groups is 1. The van der Waals surface area contributed by atoms with Crippen LogP contribution in [0.5, 0.6) is 0 Å². The molecule has 2 aliphatic rings. The molecule has 0 spiro atoms. The van der Waals surface area contributed by atoms with Gasteiger partial charge in [-0.2, -0.15) is 5.10 Å². The normalized spacial score (nSPS) is 19.2. The number of amides is 2. The summed E-state index contributed by atoms with van der Waals surface area (Å²) in [7, 11) is 1.28. The van der Waals surface area contributed by atoms with E-state index in [0.29, 0.717) is 27.7 Å². The summed E-state index contributed by atoms with van der Waals surface area (Å²) in [5.74, 6) is -0.988. The van der Waals surface area contributed by atoms with Gasteiger partial charge in [0.2, 0.25) is 5.91 Å². The van der Waals surface area contributed by atoms with Crippen molar-refractivity contribution in [3.8, 4) is 0 Å². The van der Waals surface area contributed by atoms with Gasteiger partial charge >= 0.3 is 5.97 Å². The zero-order valence-corrected chi connectivity index (χ0v) is 16.1. The van der Waals surface area contributed by atoms with E-state index in [2.05, 4.69) is 20.8 Å². The number of carbonyl (C=O) groups excluding carboxylic acids is 3. The number of rotatable bonds is 4. The Hall–Kier alpha value is -3.94. The minimum absolute atomic E-state index is 0.0966. The van der Waals surface area contributed by atoms with E-state index in [1.807, 2.05) is 30.3 Å². The fraction of sp³-hybridized carbons (Fsp3) is 0.182. The zero-order valence-electron chi connectivity index (χ0n) is 16.1. The lowest BCUT2D eigenvalue weighted by atomic mass is 10.0.